The van der Waals surface area contributed by atoms with Gasteiger partial charge in [-0.15, -0.1) is 0 Å². The van der Waals surface area contributed by atoms with Crippen molar-refractivity contribution < 1.29 is 4.79 Å². The van der Waals surface area contributed by atoms with Crippen molar-refractivity contribution in [3.63, 3.8) is 0 Å². The zero-order valence-corrected chi connectivity index (χ0v) is 14.9. The van der Waals surface area contributed by atoms with Gasteiger partial charge in [0.2, 0.25) is 0 Å². The summed E-state index contributed by atoms with van der Waals surface area (Å²) in [4.78, 5) is 17.7. The van der Waals surface area contributed by atoms with Crippen LogP contribution >= 0.6 is 27.7 Å². The Bertz CT molecular complexity index is 688. The smallest absolute Gasteiger partial charge is 0.252 e. The first-order valence-electron chi connectivity index (χ1n) is 7.55. The molecule has 1 aliphatic carbocycles. The summed E-state index contributed by atoms with van der Waals surface area (Å²) in [6.07, 6.45) is 4.11. The number of aromatic nitrogens is 1. The lowest BCUT2D eigenvalue weighted by molar-refractivity contribution is 0.0947. The Morgan fingerprint density at radius 3 is 2.83 bits per heavy atom. The molecule has 2 aromatic rings. The largest absolute Gasteiger partial charge is 0.350 e. The van der Waals surface area contributed by atoms with Gasteiger partial charge in [-0.05, 0) is 59.0 Å². The van der Waals surface area contributed by atoms with Crippen LogP contribution in [0.4, 0.5) is 0 Å². The number of hydrogen-bond donors (Lipinski definition) is 2. The average Bonchev–Trinajstić information content (AvgIpc) is 3.40. The number of nitrogens with zero attached hydrogens (tertiary/aromatic N) is 1. The van der Waals surface area contributed by atoms with Gasteiger partial charge in [0, 0.05) is 28.2 Å². The number of nitrogens with two attached hydrogens (primary N) is 1. The number of hydrogen-bond acceptors (Lipinski definition) is 4. The molecule has 0 bridgehead atoms. The Balaban J connectivity index is 1.69. The molecule has 0 spiro atoms. The standard InChI is InChI=1S/C17H18BrN3OS/c18-12-7-8-16(20-9-12)23-15-4-2-1-3-13(15)17(22)21-10-14(19)11-5-6-11/h1-4,7-9,11,14H,5-6,10,19H2,(H,21,22). The van der Waals surface area contributed by atoms with Gasteiger partial charge in [0.25, 0.3) is 5.91 Å². The number of nitrogens with one attached hydrogen (secondary N) is 1. The minimum atomic E-state index is -0.0821. The molecule has 1 amide bonds. The second-order valence-corrected chi connectivity index (χ2v) is 7.60. The summed E-state index contributed by atoms with van der Waals surface area (Å²) >= 11 is 4.85. The molecule has 0 aliphatic heterocycles. The van der Waals surface area contributed by atoms with Gasteiger partial charge in [0.05, 0.1) is 5.56 Å². The predicted octanol–water partition coefficient (Wildman–Crippen LogP) is 3.46. The second-order valence-electron chi connectivity index (χ2n) is 5.62. The van der Waals surface area contributed by atoms with E-state index < -0.39 is 0 Å². The van der Waals surface area contributed by atoms with Crippen LogP contribution in [0.5, 0.6) is 0 Å². The molecule has 1 saturated carbocycles. The maximum absolute atomic E-state index is 12.4. The fourth-order valence-corrected chi connectivity index (χ4v) is 3.39. The van der Waals surface area contributed by atoms with E-state index in [9.17, 15) is 4.79 Å². The van der Waals surface area contributed by atoms with Crippen molar-refractivity contribution in [2.45, 2.75) is 28.8 Å². The topological polar surface area (TPSA) is 68.0 Å². The third-order valence-electron chi connectivity index (χ3n) is 3.77. The van der Waals surface area contributed by atoms with Crippen molar-refractivity contribution in [3.8, 4) is 0 Å². The van der Waals surface area contributed by atoms with Crippen LogP contribution in [-0.2, 0) is 0 Å². The van der Waals surface area contributed by atoms with Gasteiger partial charge in [-0.1, -0.05) is 23.9 Å². The van der Waals surface area contributed by atoms with Gasteiger partial charge in [0.1, 0.15) is 5.03 Å². The van der Waals surface area contributed by atoms with Crippen LogP contribution in [0, 0.1) is 5.92 Å². The van der Waals surface area contributed by atoms with E-state index in [4.69, 9.17) is 5.73 Å². The first kappa shape index (κ1) is 16.5. The van der Waals surface area contributed by atoms with Crippen molar-refractivity contribution in [2.24, 2.45) is 11.7 Å². The maximum Gasteiger partial charge on any atom is 0.252 e. The third-order valence-corrected chi connectivity index (χ3v) is 5.27. The zero-order chi connectivity index (χ0) is 16.2. The van der Waals surface area contributed by atoms with Crippen LogP contribution < -0.4 is 11.1 Å². The summed E-state index contributed by atoms with van der Waals surface area (Å²) in [5.41, 5.74) is 6.70. The highest BCUT2D eigenvalue weighted by Gasteiger charge is 2.28. The first-order chi connectivity index (χ1) is 11.1. The molecule has 1 fully saturated rings. The molecule has 120 valence electrons. The van der Waals surface area contributed by atoms with E-state index in [0.717, 1.165) is 14.4 Å². The predicted molar refractivity (Wildman–Crippen MR) is 95.5 cm³/mol. The highest BCUT2D eigenvalue weighted by Crippen LogP contribution is 2.32. The van der Waals surface area contributed by atoms with Gasteiger partial charge >= 0.3 is 0 Å². The lowest BCUT2D eigenvalue weighted by Crippen LogP contribution is -2.38. The first-order valence-corrected chi connectivity index (χ1v) is 9.16. The average molecular weight is 392 g/mol. The number of amides is 1. The van der Waals surface area contributed by atoms with E-state index in [1.807, 2.05) is 36.4 Å². The molecule has 1 unspecified atom stereocenters. The van der Waals surface area contributed by atoms with E-state index >= 15 is 0 Å². The molecular weight excluding hydrogens is 374 g/mol. The van der Waals surface area contributed by atoms with Crippen molar-refractivity contribution in [2.75, 3.05) is 6.54 Å². The normalized spacial score (nSPS) is 15.2. The summed E-state index contributed by atoms with van der Waals surface area (Å²) in [5.74, 6) is 0.494. The fourth-order valence-electron chi connectivity index (χ4n) is 2.28. The number of halogens is 1. The van der Waals surface area contributed by atoms with Gasteiger partial charge in [0.15, 0.2) is 0 Å². The van der Waals surface area contributed by atoms with E-state index in [1.165, 1.54) is 24.6 Å². The number of benzene rings is 1. The van der Waals surface area contributed by atoms with Crippen molar-refractivity contribution in [1.82, 2.24) is 10.3 Å². The number of pyridine rings is 1. The Kier molecular flexibility index (Phi) is 5.35. The van der Waals surface area contributed by atoms with Crippen LogP contribution in [0.1, 0.15) is 23.2 Å². The molecule has 3 N–H and O–H groups in total. The Labute approximate surface area is 148 Å². The molecule has 1 atom stereocenters. The molecule has 0 saturated heterocycles. The van der Waals surface area contributed by atoms with E-state index in [-0.39, 0.29) is 11.9 Å². The summed E-state index contributed by atoms with van der Waals surface area (Å²) in [6, 6.07) is 11.5. The summed E-state index contributed by atoms with van der Waals surface area (Å²) < 4.78 is 0.932. The van der Waals surface area contributed by atoms with Crippen molar-refractivity contribution in [1.29, 1.82) is 0 Å². The van der Waals surface area contributed by atoms with Crippen molar-refractivity contribution in [3.05, 3.63) is 52.6 Å². The van der Waals surface area contributed by atoms with Crippen LogP contribution in [-0.4, -0.2) is 23.5 Å². The molecule has 23 heavy (non-hydrogen) atoms. The summed E-state index contributed by atoms with van der Waals surface area (Å²) in [7, 11) is 0. The van der Waals surface area contributed by atoms with Crippen LogP contribution in [0.3, 0.4) is 0 Å². The quantitative estimate of drug-likeness (QED) is 0.790. The van der Waals surface area contributed by atoms with Gasteiger partial charge in [-0.3, -0.25) is 4.79 Å². The number of carbonyl (C=O) groups excluding carboxylic acids is 1. The molecule has 1 heterocycles. The molecule has 1 aliphatic rings. The maximum atomic E-state index is 12.4. The molecule has 6 heteroatoms. The number of rotatable bonds is 6. The Hall–Kier alpha value is -1.37. The zero-order valence-electron chi connectivity index (χ0n) is 12.5. The molecule has 0 radical (unpaired) electrons. The fraction of sp³-hybridized carbons (Fsp3) is 0.294. The van der Waals surface area contributed by atoms with E-state index in [2.05, 4.69) is 26.2 Å². The van der Waals surface area contributed by atoms with Gasteiger partial charge in [-0.25, -0.2) is 4.98 Å². The van der Waals surface area contributed by atoms with Crippen LogP contribution in [0.2, 0.25) is 0 Å². The highest BCUT2D eigenvalue weighted by molar-refractivity contribution is 9.10. The number of carbonyl (C=O) groups is 1. The Morgan fingerprint density at radius 2 is 2.13 bits per heavy atom. The van der Waals surface area contributed by atoms with Crippen molar-refractivity contribution >= 4 is 33.6 Å². The third kappa shape index (κ3) is 4.56. The van der Waals surface area contributed by atoms with Gasteiger partial charge in [-0.2, -0.15) is 0 Å². The van der Waals surface area contributed by atoms with Crippen LogP contribution in [0.15, 0.2) is 57.0 Å². The molecule has 3 rings (SSSR count). The monoisotopic (exact) mass is 391 g/mol. The Morgan fingerprint density at radius 1 is 1.35 bits per heavy atom. The molecule has 4 nitrogen and oxygen atoms in total. The minimum absolute atomic E-state index is 0.0619. The highest BCUT2D eigenvalue weighted by atomic mass is 79.9. The molecular formula is C17H18BrN3OS. The second kappa shape index (κ2) is 7.47. The van der Waals surface area contributed by atoms with E-state index in [1.54, 1.807) is 6.20 Å². The SMILES string of the molecule is NC(CNC(=O)c1ccccc1Sc1ccc(Br)cn1)C1CC1. The summed E-state index contributed by atoms with van der Waals surface area (Å²) in [6.45, 7) is 0.527. The lowest BCUT2D eigenvalue weighted by Gasteiger charge is -2.13. The van der Waals surface area contributed by atoms with Crippen LogP contribution in [0.25, 0.3) is 0 Å². The molecule has 1 aromatic carbocycles. The molecule has 1 aromatic heterocycles. The lowest BCUT2D eigenvalue weighted by atomic mass is 10.2. The van der Waals surface area contributed by atoms with E-state index in [0.29, 0.717) is 18.0 Å². The minimum Gasteiger partial charge on any atom is -0.350 e. The summed E-state index contributed by atoms with van der Waals surface area (Å²) in [5, 5.41) is 3.80. The van der Waals surface area contributed by atoms with Gasteiger partial charge < -0.3 is 11.1 Å².